The molecule has 0 aromatic heterocycles. The Morgan fingerprint density at radius 1 is 1.18 bits per heavy atom. The molecule has 1 heterocycles. The van der Waals surface area contributed by atoms with Crippen LogP contribution >= 0.6 is 0 Å². The molecular formula is C15H29NO. The third-order valence-electron chi connectivity index (χ3n) is 4.92. The largest absolute Gasteiger partial charge is 0.378 e. The van der Waals surface area contributed by atoms with Gasteiger partial charge in [0.2, 0.25) is 0 Å². The fraction of sp³-hybridized carbons (Fsp3) is 1.00. The predicted octanol–water partition coefficient (Wildman–Crippen LogP) is 3.36. The molecule has 0 spiro atoms. The second-order valence-electron chi connectivity index (χ2n) is 6.97. The van der Waals surface area contributed by atoms with Gasteiger partial charge in [-0.2, -0.15) is 0 Å². The third-order valence-corrected chi connectivity index (χ3v) is 4.92. The summed E-state index contributed by atoms with van der Waals surface area (Å²) in [6.45, 7) is 7.12. The molecule has 2 fully saturated rings. The van der Waals surface area contributed by atoms with Crippen molar-refractivity contribution < 1.29 is 4.74 Å². The molecule has 2 aliphatic rings. The Bertz CT molecular complexity index is 243. The van der Waals surface area contributed by atoms with E-state index in [1.54, 1.807) is 0 Å². The molecule has 1 N–H and O–H groups in total. The lowest BCUT2D eigenvalue weighted by Gasteiger charge is -2.43. The van der Waals surface area contributed by atoms with Crippen molar-refractivity contribution in [1.29, 1.82) is 0 Å². The van der Waals surface area contributed by atoms with E-state index in [-0.39, 0.29) is 5.60 Å². The van der Waals surface area contributed by atoms with E-state index >= 15 is 0 Å². The van der Waals surface area contributed by atoms with E-state index in [0.717, 1.165) is 19.0 Å². The van der Waals surface area contributed by atoms with E-state index < -0.39 is 0 Å². The Kier molecular flexibility index (Phi) is 4.14. The quantitative estimate of drug-likeness (QED) is 0.815. The summed E-state index contributed by atoms with van der Waals surface area (Å²) >= 11 is 0. The second-order valence-corrected chi connectivity index (χ2v) is 6.97. The fourth-order valence-electron chi connectivity index (χ4n) is 3.93. The summed E-state index contributed by atoms with van der Waals surface area (Å²) < 4.78 is 5.91. The van der Waals surface area contributed by atoms with Crippen molar-refractivity contribution in [2.75, 3.05) is 20.2 Å². The molecule has 1 aliphatic carbocycles. The van der Waals surface area contributed by atoms with Gasteiger partial charge in [0.25, 0.3) is 0 Å². The van der Waals surface area contributed by atoms with Gasteiger partial charge in [-0.15, -0.1) is 0 Å². The van der Waals surface area contributed by atoms with E-state index in [4.69, 9.17) is 4.74 Å². The number of piperidine rings is 1. The monoisotopic (exact) mass is 239 g/mol. The molecule has 0 bridgehead atoms. The molecule has 1 saturated heterocycles. The summed E-state index contributed by atoms with van der Waals surface area (Å²) in [5.74, 6) is 0.886. The molecule has 2 heteroatoms. The van der Waals surface area contributed by atoms with E-state index in [0.29, 0.717) is 5.41 Å². The Morgan fingerprint density at radius 2 is 1.88 bits per heavy atom. The Balaban J connectivity index is 1.93. The molecule has 17 heavy (non-hydrogen) atoms. The van der Waals surface area contributed by atoms with Gasteiger partial charge < -0.3 is 10.1 Å². The molecule has 2 rings (SSSR count). The zero-order chi connectivity index (χ0) is 12.4. The smallest absolute Gasteiger partial charge is 0.0705 e. The van der Waals surface area contributed by atoms with Gasteiger partial charge in [-0.25, -0.2) is 0 Å². The van der Waals surface area contributed by atoms with Gasteiger partial charge in [0.15, 0.2) is 0 Å². The number of hydrogen-bond donors (Lipinski definition) is 1. The average Bonchev–Trinajstić information content (AvgIpc) is 2.29. The maximum atomic E-state index is 5.91. The molecule has 0 amide bonds. The van der Waals surface area contributed by atoms with Crippen molar-refractivity contribution in [1.82, 2.24) is 5.32 Å². The standard InChI is InChI=1S/C15H29NO/c1-14(2)6-4-5-13(11-14)12-15(17-3)7-9-16-10-8-15/h13,16H,4-12H2,1-3H3. The lowest BCUT2D eigenvalue weighted by Crippen LogP contribution is -2.45. The number of nitrogens with one attached hydrogen (secondary N) is 1. The first-order chi connectivity index (χ1) is 8.05. The highest BCUT2D eigenvalue weighted by Gasteiger charge is 2.37. The molecule has 100 valence electrons. The van der Waals surface area contributed by atoms with Crippen LogP contribution in [0.5, 0.6) is 0 Å². The van der Waals surface area contributed by atoms with Crippen molar-refractivity contribution in [3.8, 4) is 0 Å². The van der Waals surface area contributed by atoms with Gasteiger partial charge in [-0.1, -0.05) is 26.7 Å². The summed E-state index contributed by atoms with van der Waals surface area (Å²) in [4.78, 5) is 0. The van der Waals surface area contributed by atoms with Gasteiger partial charge >= 0.3 is 0 Å². The van der Waals surface area contributed by atoms with Crippen LogP contribution in [0.2, 0.25) is 0 Å². The van der Waals surface area contributed by atoms with Gasteiger partial charge in [0.1, 0.15) is 0 Å². The van der Waals surface area contributed by atoms with Crippen LogP contribution in [-0.2, 0) is 4.74 Å². The van der Waals surface area contributed by atoms with Crippen LogP contribution in [0.4, 0.5) is 0 Å². The van der Waals surface area contributed by atoms with Gasteiger partial charge in [-0.05, 0) is 56.5 Å². The lowest BCUT2D eigenvalue weighted by molar-refractivity contribution is -0.0592. The molecule has 1 atom stereocenters. The predicted molar refractivity (Wildman–Crippen MR) is 72.2 cm³/mol. The zero-order valence-corrected chi connectivity index (χ0v) is 11.8. The van der Waals surface area contributed by atoms with Gasteiger partial charge in [-0.3, -0.25) is 0 Å². The maximum absolute atomic E-state index is 5.91. The van der Waals surface area contributed by atoms with Gasteiger partial charge in [0.05, 0.1) is 5.60 Å². The highest BCUT2D eigenvalue weighted by Crippen LogP contribution is 2.43. The topological polar surface area (TPSA) is 21.3 Å². The average molecular weight is 239 g/mol. The highest BCUT2D eigenvalue weighted by molar-refractivity contribution is 4.91. The van der Waals surface area contributed by atoms with Crippen molar-refractivity contribution in [2.45, 2.75) is 64.4 Å². The first kappa shape index (κ1) is 13.4. The first-order valence-corrected chi connectivity index (χ1v) is 7.31. The summed E-state index contributed by atoms with van der Waals surface area (Å²) in [5, 5.41) is 3.45. The van der Waals surface area contributed by atoms with Crippen molar-refractivity contribution in [3.63, 3.8) is 0 Å². The molecular weight excluding hydrogens is 210 g/mol. The van der Waals surface area contributed by atoms with Crippen LogP contribution in [0.15, 0.2) is 0 Å². The number of hydrogen-bond acceptors (Lipinski definition) is 2. The van der Waals surface area contributed by atoms with Crippen LogP contribution in [0, 0.1) is 11.3 Å². The molecule has 0 aromatic rings. The number of ether oxygens (including phenoxy) is 1. The van der Waals surface area contributed by atoms with E-state index in [9.17, 15) is 0 Å². The fourth-order valence-corrected chi connectivity index (χ4v) is 3.93. The van der Waals surface area contributed by atoms with Crippen LogP contribution < -0.4 is 5.32 Å². The van der Waals surface area contributed by atoms with E-state index in [2.05, 4.69) is 19.2 Å². The highest BCUT2D eigenvalue weighted by atomic mass is 16.5. The minimum absolute atomic E-state index is 0.184. The third kappa shape index (κ3) is 3.45. The zero-order valence-electron chi connectivity index (χ0n) is 11.8. The SMILES string of the molecule is COC1(CC2CCCC(C)(C)C2)CCNCC1. The van der Waals surface area contributed by atoms with Crippen LogP contribution in [0.25, 0.3) is 0 Å². The Labute approximate surface area is 107 Å². The molecule has 1 unspecified atom stereocenters. The molecule has 1 saturated carbocycles. The van der Waals surface area contributed by atoms with Crippen molar-refractivity contribution in [2.24, 2.45) is 11.3 Å². The lowest BCUT2D eigenvalue weighted by atomic mass is 9.68. The Morgan fingerprint density at radius 3 is 2.47 bits per heavy atom. The van der Waals surface area contributed by atoms with Crippen molar-refractivity contribution >= 4 is 0 Å². The first-order valence-electron chi connectivity index (χ1n) is 7.31. The van der Waals surface area contributed by atoms with E-state index in [1.807, 2.05) is 7.11 Å². The normalized spacial score (nSPS) is 32.3. The summed E-state index contributed by atoms with van der Waals surface area (Å²) in [6, 6.07) is 0. The van der Waals surface area contributed by atoms with E-state index in [1.165, 1.54) is 44.9 Å². The minimum atomic E-state index is 0.184. The number of methoxy groups -OCH3 is 1. The molecule has 1 aliphatic heterocycles. The van der Waals surface area contributed by atoms with Crippen molar-refractivity contribution in [3.05, 3.63) is 0 Å². The van der Waals surface area contributed by atoms with Crippen LogP contribution in [-0.4, -0.2) is 25.8 Å². The van der Waals surface area contributed by atoms with Gasteiger partial charge in [0, 0.05) is 7.11 Å². The maximum Gasteiger partial charge on any atom is 0.0705 e. The summed E-state index contributed by atoms with van der Waals surface area (Å²) in [6.07, 6.45) is 9.31. The minimum Gasteiger partial charge on any atom is -0.378 e. The number of rotatable bonds is 3. The summed E-state index contributed by atoms with van der Waals surface area (Å²) in [7, 11) is 1.92. The van der Waals surface area contributed by atoms with Crippen LogP contribution in [0.3, 0.4) is 0 Å². The second kappa shape index (κ2) is 5.27. The molecule has 0 radical (unpaired) electrons. The molecule has 0 aromatic carbocycles. The summed E-state index contributed by atoms with van der Waals surface area (Å²) in [5.41, 5.74) is 0.744. The van der Waals surface area contributed by atoms with Crippen LogP contribution in [0.1, 0.15) is 58.8 Å². The Hall–Kier alpha value is -0.0800. The molecule has 2 nitrogen and oxygen atoms in total.